The van der Waals surface area contributed by atoms with Gasteiger partial charge in [0.05, 0.1) is 0 Å². The van der Waals surface area contributed by atoms with E-state index in [1.165, 1.54) is 18.4 Å². The zero-order valence-corrected chi connectivity index (χ0v) is 14.6. The van der Waals surface area contributed by atoms with Gasteiger partial charge in [0.2, 0.25) is 0 Å². The SMILES string of the molecule is CN=C(NCC1CC1c1ccccc1)N1CCC(N2CC=CC2)C1. The maximum Gasteiger partial charge on any atom is 0.193 e. The summed E-state index contributed by atoms with van der Waals surface area (Å²) in [6.07, 6.45) is 7.12. The first kappa shape index (κ1) is 15.7. The molecule has 4 nitrogen and oxygen atoms in total. The van der Waals surface area contributed by atoms with E-state index in [2.05, 4.69) is 62.6 Å². The Balaban J connectivity index is 1.25. The molecule has 3 atom stereocenters. The van der Waals surface area contributed by atoms with Crippen LogP contribution in [-0.2, 0) is 0 Å². The number of guanidine groups is 1. The van der Waals surface area contributed by atoms with Crippen molar-refractivity contribution >= 4 is 5.96 Å². The van der Waals surface area contributed by atoms with Crippen LogP contribution < -0.4 is 5.32 Å². The number of aliphatic imine (C=N–C) groups is 1. The van der Waals surface area contributed by atoms with Crippen LogP contribution in [0.5, 0.6) is 0 Å². The molecule has 2 fully saturated rings. The molecule has 3 aliphatic rings. The van der Waals surface area contributed by atoms with E-state index in [-0.39, 0.29) is 0 Å². The van der Waals surface area contributed by atoms with Crippen LogP contribution in [0.1, 0.15) is 24.3 Å². The molecule has 0 amide bonds. The Kier molecular flexibility index (Phi) is 4.56. The maximum absolute atomic E-state index is 4.53. The predicted molar refractivity (Wildman–Crippen MR) is 99.3 cm³/mol. The highest BCUT2D eigenvalue weighted by molar-refractivity contribution is 5.80. The van der Waals surface area contributed by atoms with E-state index in [0.29, 0.717) is 6.04 Å². The van der Waals surface area contributed by atoms with Crippen molar-refractivity contribution in [3.63, 3.8) is 0 Å². The molecule has 24 heavy (non-hydrogen) atoms. The van der Waals surface area contributed by atoms with Crippen LogP contribution in [0.4, 0.5) is 0 Å². The van der Waals surface area contributed by atoms with Crippen molar-refractivity contribution < 1.29 is 0 Å². The lowest BCUT2D eigenvalue weighted by Crippen LogP contribution is -2.43. The molecule has 1 saturated carbocycles. The standard InChI is InChI=1S/C20H28N4/c1-21-20(24-12-9-18(15-24)23-10-5-6-11-23)22-14-17-13-19(17)16-7-3-2-4-8-16/h2-8,17-19H,9-15H2,1H3,(H,21,22). The monoisotopic (exact) mass is 324 g/mol. The van der Waals surface area contributed by atoms with Gasteiger partial charge in [-0.25, -0.2) is 0 Å². The fourth-order valence-electron chi connectivity index (χ4n) is 4.16. The number of nitrogens with zero attached hydrogens (tertiary/aromatic N) is 3. The highest BCUT2D eigenvalue weighted by Gasteiger charge is 2.38. The molecule has 3 unspecified atom stereocenters. The molecule has 0 bridgehead atoms. The molecular weight excluding hydrogens is 296 g/mol. The summed E-state index contributed by atoms with van der Waals surface area (Å²) in [5.41, 5.74) is 1.49. The fourth-order valence-corrected chi connectivity index (χ4v) is 4.16. The highest BCUT2D eigenvalue weighted by atomic mass is 15.3. The van der Waals surface area contributed by atoms with Crippen LogP contribution in [0.3, 0.4) is 0 Å². The van der Waals surface area contributed by atoms with Gasteiger partial charge >= 0.3 is 0 Å². The van der Waals surface area contributed by atoms with Crippen LogP contribution in [0.2, 0.25) is 0 Å². The van der Waals surface area contributed by atoms with E-state index in [1.54, 1.807) is 0 Å². The summed E-state index contributed by atoms with van der Waals surface area (Å²) < 4.78 is 0. The minimum absolute atomic E-state index is 0.677. The molecule has 1 aromatic rings. The van der Waals surface area contributed by atoms with Gasteiger partial charge in [0.25, 0.3) is 0 Å². The Labute approximate surface area is 145 Å². The summed E-state index contributed by atoms with van der Waals surface area (Å²) in [5, 5.41) is 3.63. The van der Waals surface area contributed by atoms with Gasteiger partial charge in [0.1, 0.15) is 0 Å². The Hall–Kier alpha value is -1.81. The van der Waals surface area contributed by atoms with Gasteiger partial charge in [-0.2, -0.15) is 0 Å². The number of rotatable bonds is 4. The van der Waals surface area contributed by atoms with Crippen LogP contribution >= 0.6 is 0 Å². The zero-order valence-electron chi connectivity index (χ0n) is 14.6. The van der Waals surface area contributed by atoms with Crippen molar-refractivity contribution in [1.82, 2.24) is 15.1 Å². The lowest BCUT2D eigenvalue weighted by atomic mass is 10.1. The zero-order chi connectivity index (χ0) is 16.4. The summed E-state index contributed by atoms with van der Waals surface area (Å²) in [6, 6.07) is 11.6. The van der Waals surface area contributed by atoms with E-state index in [0.717, 1.165) is 50.5 Å². The van der Waals surface area contributed by atoms with Crippen LogP contribution in [0.15, 0.2) is 47.5 Å². The van der Waals surface area contributed by atoms with Crippen molar-refractivity contribution in [2.45, 2.75) is 24.8 Å². The first-order valence-corrected chi connectivity index (χ1v) is 9.24. The minimum atomic E-state index is 0.677. The topological polar surface area (TPSA) is 30.9 Å². The predicted octanol–water partition coefficient (Wildman–Crippen LogP) is 2.31. The van der Waals surface area contributed by atoms with Crippen molar-refractivity contribution in [2.24, 2.45) is 10.9 Å². The first-order valence-electron chi connectivity index (χ1n) is 9.24. The second kappa shape index (κ2) is 6.98. The summed E-state index contributed by atoms with van der Waals surface area (Å²) in [5.74, 6) is 2.58. The Morgan fingerprint density at radius 3 is 2.75 bits per heavy atom. The Morgan fingerprint density at radius 1 is 1.21 bits per heavy atom. The maximum atomic E-state index is 4.53. The van der Waals surface area contributed by atoms with Gasteiger partial charge < -0.3 is 10.2 Å². The molecule has 4 rings (SSSR count). The molecule has 0 aromatic heterocycles. The molecule has 2 aliphatic heterocycles. The van der Waals surface area contributed by atoms with E-state index >= 15 is 0 Å². The quantitative estimate of drug-likeness (QED) is 0.524. The van der Waals surface area contributed by atoms with Crippen molar-refractivity contribution in [3.8, 4) is 0 Å². The van der Waals surface area contributed by atoms with Gasteiger partial charge in [-0.05, 0) is 30.2 Å². The largest absolute Gasteiger partial charge is 0.356 e. The van der Waals surface area contributed by atoms with E-state index in [1.807, 2.05) is 7.05 Å². The highest BCUT2D eigenvalue weighted by Crippen LogP contribution is 2.46. The second-order valence-electron chi connectivity index (χ2n) is 7.25. The Morgan fingerprint density at radius 2 is 2.00 bits per heavy atom. The third-order valence-electron chi connectivity index (χ3n) is 5.71. The number of nitrogens with one attached hydrogen (secondary N) is 1. The normalized spacial score (nSPS) is 30.1. The molecule has 1 aromatic carbocycles. The third kappa shape index (κ3) is 3.34. The summed E-state index contributed by atoms with van der Waals surface area (Å²) in [7, 11) is 1.91. The number of hydrogen-bond acceptors (Lipinski definition) is 2. The summed E-state index contributed by atoms with van der Waals surface area (Å²) in [4.78, 5) is 9.53. The lowest BCUT2D eigenvalue weighted by Gasteiger charge is -2.25. The first-order chi connectivity index (χ1) is 11.8. The van der Waals surface area contributed by atoms with E-state index < -0.39 is 0 Å². The van der Waals surface area contributed by atoms with Crippen LogP contribution in [-0.4, -0.2) is 61.6 Å². The van der Waals surface area contributed by atoms with Crippen LogP contribution in [0, 0.1) is 5.92 Å². The molecular formula is C20H28N4. The van der Waals surface area contributed by atoms with E-state index in [9.17, 15) is 0 Å². The molecule has 0 spiro atoms. The fraction of sp³-hybridized carbons (Fsp3) is 0.550. The molecule has 1 aliphatic carbocycles. The average molecular weight is 324 g/mol. The summed E-state index contributed by atoms with van der Waals surface area (Å²) >= 11 is 0. The lowest BCUT2D eigenvalue weighted by molar-refractivity contribution is 0.259. The molecule has 4 heteroatoms. The molecule has 1 saturated heterocycles. The van der Waals surface area contributed by atoms with Gasteiger partial charge in [0, 0.05) is 45.8 Å². The number of likely N-dealkylation sites (tertiary alicyclic amines) is 1. The van der Waals surface area contributed by atoms with Crippen molar-refractivity contribution in [2.75, 3.05) is 39.8 Å². The van der Waals surface area contributed by atoms with Gasteiger partial charge in [-0.3, -0.25) is 9.89 Å². The van der Waals surface area contributed by atoms with E-state index in [4.69, 9.17) is 0 Å². The average Bonchev–Trinajstić information content (AvgIpc) is 3.02. The van der Waals surface area contributed by atoms with Gasteiger partial charge in [-0.1, -0.05) is 42.5 Å². The third-order valence-corrected chi connectivity index (χ3v) is 5.71. The van der Waals surface area contributed by atoms with Crippen molar-refractivity contribution in [1.29, 1.82) is 0 Å². The second-order valence-corrected chi connectivity index (χ2v) is 7.25. The van der Waals surface area contributed by atoms with Crippen LogP contribution in [0.25, 0.3) is 0 Å². The molecule has 128 valence electrons. The van der Waals surface area contributed by atoms with Gasteiger partial charge in [0.15, 0.2) is 5.96 Å². The molecule has 2 heterocycles. The number of hydrogen-bond donors (Lipinski definition) is 1. The Bertz CT molecular complexity index is 601. The molecule has 0 radical (unpaired) electrons. The minimum Gasteiger partial charge on any atom is -0.356 e. The van der Waals surface area contributed by atoms with Crippen molar-refractivity contribution in [3.05, 3.63) is 48.0 Å². The smallest absolute Gasteiger partial charge is 0.193 e. The number of benzene rings is 1. The molecule has 1 N–H and O–H groups in total. The summed E-state index contributed by atoms with van der Waals surface area (Å²) in [6.45, 7) is 5.50. The van der Waals surface area contributed by atoms with Gasteiger partial charge in [-0.15, -0.1) is 0 Å².